The second-order valence-electron chi connectivity index (χ2n) is 4.90. The molecule has 1 N–H and O–H groups in total. The summed E-state index contributed by atoms with van der Waals surface area (Å²) in [4.78, 5) is 11.8. The Labute approximate surface area is 101 Å². The van der Waals surface area contributed by atoms with Crippen LogP contribution >= 0.6 is 0 Å². The molecule has 0 aromatic heterocycles. The van der Waals surface area contributed by atoms with E-state index in [1.165, 1.54) is 12.1 Å². The average Bonchev–Trinajstić information content (AvgIpc) is 2.56. The number of rotatable bonds is 4. The number of amides is 1. The molecule has 92 valence electrons. The number of nitrogens with one attached hydrogen (secondary N) is 1. The summed E-state index contributed by atoms with van der Waals surface area (Å²) in [6.07, 6.45) is 3.02. The Balaban J connectivity index is 2.19. The first kappa shape index (κ1) is 12.1. The highest BCUT2D eigenvalue weighted by Gasteiger charge is 2.31. The maximum absolute atomic E-state index is 13.2. The van der Waals surface area contributed by atoms with Gasteiger partial charge in [0.2, 0.25) is 5.91 Å². The van der Waals surface area contributed by atoms with Gasteiger partial charge in [-0.2, -0.15) is 0 Å². The Morgan fingerprint density at radius 1 is 1.47 bits per heavy atom. The van der Waals surface area contributed by atoms with Gasteiger partial charge in [0, 0.05) is 5.69 Å². The molecular formula is C14H18FNO. The van der Waals surface area contributed by atoms with E-state index in [1.807, 2.05) is 0 Å². The van der Waals surface area contributed by atoms with E-state index in [0.717, 1.165) is 30.5 Å². The van der Waals surface area contributed by atoms with Gasteiger partial charge < -0.3 is 5.32 Å². The van der Waals surface area contributed by atoms with Crippen LogP contribution in [-0.2, 0) is 4.79 Å². The third-order valence-corrected chi connectivity index (χ3v) is 3.38. The van der Waals surface area contributed by atoms with Gasteiger partial charge in [0.1, 0.15) is 5.82 Å². The molecule has 0 saturated heterocycles. The zero-order valence-corrected chi connectivity index (χ0v) is 10.3. The molecule has 0 radical (unpaired) electrons. The molecule has 2 nitrogen and oxygen atoms in total. The van der Waals surface area contributed by atoms with Gasteiger partial charge in [0.25, 0.3) is 0 Å². The maximum Gasteiger partial charge on any atom is 0.232 e. The van der Waals surface area contributed by atoms with Crippen molar-refractivity contribution < 1.29 is 9.18 Å². The summed E-state index contributed by atoms with van der Waals surface area (Å²) in [5, 5.41) is 2.82. The topological polar surface area (TPSA) is 29.1 Å². The fourth-order valence-corrected chi connectivity index (χ4v) is 2.54. The zero-order chi connectivity index (χ0) is 12.4. The van der Waals surface area contributed by atoms with E-state index in [-0.39, 0.29) is 17.6 Å². The Morgan fingerprint density at radius 2 is 2.24 bits per heavy atom. The van der Waals surface area contributed by atoms with Crippen molar-refractivity contribution in [2.75, 3.05) is 5.32 Å². The molecule has 17 heavy (non-hydrogen) atoms. The quantitative estimate of drug-likeness (QED) is 0.847. The lowest BCUT2D eigenvalue weighted by molar-refractivity contribution is -0.117. The van der Waals surface area contributed by atoms with Crippen LogP contribution < -0.4 is 5.32 Å². The molecular weight excluding hydrogens is 217 g/mol. The Kier molecular flexibility index (Phi) is 3.46. The Morgan fingerprint density at radius 3 is 2.94 bits per heavy atom. The smallest absolute Gasteiger partial charge is 0.232 e. The fourth-order valence-electron chi connectivity index (χ4n) is 2.54. The van der Waals surface area contributed by atoms with Crippen LogP contribution in [0.3, 0.4) is 0 Å². The molecule has 1 heterocycles. The predicted molar refractivity (Wildman–Crippen MR) is 66.5 cm³/mol. The minimum atomic E-state index is -0.270. The Hall–Kier alpha value is -1.38. The van der Waals surface area contributed by atoms with Crippen molar-refractivity contribution in [2.45, 2.75) is 39.0 Å². The van der Waals surface area contributed by atoms with E-state index in [2.05, 4.69) is 19.2 Å². The highest BCUT2D eigenvalue weighted by molar-refractivity contribution is 6.02. The highest BCUT2D eigenvalue weighted by atomic mass is 19.1. The molecule has 0 fully saturated rings. The van der Waals surface area contributed by atoms with Crippen LogP contribution in [0.15, 0.2) is 18.2 Å². The van der Waals surface area contributed by atoms with Gasteiger partial charge in [-0.05, 0) is 36.1 Å². The number of hydrogen-bond donors (Lipinski definition) is 1. The molecule has 1 amide bonds. The lowest BCUT2D eigenvalue weighted by Crippen LogP contribution is -2.14. The van der Waals surface area contributed by atoms with Gasteiger partial charge in [-0.3, -0.25) is 4.79 Å². The lowest BCUT2D eigenvalue weighted by Gasteiger charge is -2.14. The summed E-state index contributed by atoms with van der Waals surface area (Å²) < 4.78 is 13.2. The summed E-state index contributed by atoms with van der Waals surface area (Å²) in [7, 11) is 0. The molecule has 3 heteroatoms. The maximum atomic E-state index is 13.2. The number of benzene rings is 1. The molecule has 0 saturated carbocycles. The largest absolute Gasteiger partial charge is 0.325 e. The SMILES string of the molecule is CCCC(C)CC1C(=O)Nc2ccc(F)cc21. The number of anilines is 1. The standard InChI is InChI=1S/C14H18FNO/c1-3-4-9(2)7-12-11-8-10(15)5-6-13(11)16-14(12)17/h5-6,8-9,12H,3-4,7H2,1-2H3,(H,16,17). The van der Waals surface area contributed by atoms with Crippen LogP contribution in [0.1, 0.15) is 44.6 Å². The average molecular weight is 235 g/mol. The van der Waals surface area contributed by atoms with E-state index in [1.54, 1.807) is 6.07 Å². The van der Waals surface area contributed by atoms with Gasteiger partial charge in [-0.1, -0.05) is 26.7 Å². The molecule has 2 unspecified atom stereocenters. The molecule has 1 aromatic rings. The van der Waals surface area contributed by atoms with Crippen molar-refractivity contribution in [3.8, 4) is 0 Å². The second kappa shape index (κ2) is 4.86. The number of carbonyl (C=O) groups is 1. The van der Waals surface area contributed by atoms with Crippen molar-refractivity contribution in [1.29, 1.82) is 0 Å². The number of hydrogen-bond acceptors (Lipinski definition) is 1. The summed E-state index contributed by atoms with van der Waals surface area (Å²) in [5.41, 5.74) is 1.59. The molecule has 0 bridgehead atoms. The van der Waals surface area contributed by atoms with Gasteiger partial charge in [-0.15, -0.1) is 0 Å². The second-order valence-corrected chi connectivity index (χ2v) is 4.90. The van der Waals surface area contributed by atoms with E-state index >= 15 is 0 Å². The van der Waals surface area contributed by atoms with Gasteiger partial charge in [-0.25, -0.2) is 4.39 Å². The van der Waals surface area contributed by atoms with Gasteiger partial charge in [0.15, 0.2) is 0 Å². The fraction of sp³-hybridized carbons (Fsp3) is 0.500. The normalized spacial score (nSPS) is 19.9. The van der Waals surface area contributed by atoms with Crippen LogP contribution in [-0.4, -0.2) is 5.91 Å². The van der Waals surface area contributed by atoms with Crippen LogP contribution in [0.5, 0.6) is 0 Å². The molecule has 1 aromatic carbocycles. The first-order valence-corrected chi connectivity index (χ1v) is 6.22. The number of fused-ring (bicyclic) bond motifs is 1. The lowest BCUT2D eigenvalue weighted by atomic mass is 9.88. The first-order chi connectivity index (χ1) is 8.11. The first-order valence-electron chi connectivity index (χ1n) is 6.22. The van der Waals surface area contributed by atoms with Gasteiger partial charge in [0.05, 0.1) is 5.92 Å². The molecule has 0 spiro atoms. The Bertz CT molecular complexity index is 430. The van der Waals surface area contributed by atoms with E-state index < -0.39 is 0 Å². The minimum absolute atomic E-state index is 0.00792. The number of halogens is 1. The summed E-state index contributed by atoms with van der Waals surface area (Å²) in [6, 6.07) is 4.51. The van der Waals surface area contributed by atoms with Gasteiger partial charge >= 0.3 is 0 Å². The highest BCUT2D eigenvalue weighted by Crippen LogP contribution is 2.37. The summed E-state index contributed by atoms with van der Waals surface area (Å²) in [6.45, 7) is 4.28. The molecule has 0 aliphatic carbocycles. The van der Waals surface area contributed by atoms with Crippen LogP contribution in [0.25, 0.3) is 0 Å². The van der Waals surface area contributed by atoms with Crippen molar-refractivity contribution in [3.63, 3.8) is 0 Å². The third-order valence-electron chi connectivity index (χ3n) is 3.38. The number of carbonyl (C=O) groups excluding carboxylic acids is 1. The van der Waals surface area contributed by atoms with Crippen molar-refractivity contribution in [2.24, 2.45) is 5.92 Å². The van der Waals surface area contributed by atoms with Crippen LogP contribution in [0, 0.1) is 11.7 Å². The van der Waals surface area contributed by atoms with E-state index in [9.17, 15) is 9.18 Å². The molecule has 2 rings (SSSR count). The van der Waals surface area contributed by atoms with Crippen molar-refractivity contribution >= 4 is 11.6 Å². The molecule has 1 aliphatic rings. The van der Waals surface area contributed by atoms with Crippen molar-refractivity contribution in [1.82, 2.24) is 0 Å². The van der Waals surface area contributed by atoms with Crippen molar-refractivity contribution in [3.05, 3.63) is 29.6 Å². The summed E-state index contributed by atoms with van der Waals surface area (Å²) >= 11 is 0. The third kappa shape index (κ3) is 2.48. The molecule has 2 atom stereocenters. The summed E-state index contributed by atoms with van der Waals surface area (Å²) in [5.74, 6) is 0.0502. The van der Waals surface area contributed by atoms with E-state index in [4.69, 9.17) is 0 Å². The minimum Gasteiger partial charge on any atom is -0.325 e. The van der Waals surface area contributed by atoms with E-state index in [0.29, 0.717) is 5.92 Å². The predicted octanol–water partition coefficient (Wildman–Crippen LogP) is 3.69. The molecule has 1 aliphatic heterocycles. The van der Waals surface area contributed by atoms with Crippen LogP contribution in [0.4, 0.5) is 10.1 Å². The monoisotopic (exact) mass is 235 g/mol. The zero-order valence-electron chi connectivity index (χ0n) is 10.3. The van der Waals surface area contributed by atoms with Crippen LogP contribution in [0.2, 0.25) is 0 Å².